The molecule has 0 aliphatic rings. The van der Waals surface area contributed by atoms with Crippen LogP contribution in [0.1, 0.15) is 6.42 Å². The largest absolute Gasteiger partial charge is 0.480 e. The van der Waals surface area contributed by atoms with Gasteiger partial charge in [0, 0.05) is 5.75 Å². The van der Waals surface area contributed by atoms with Gasteiger partial charge >= 0.3 is 5.97 Å². The standard InChI is InChI=1S/C11H19N5O6S/c12-5(4-23)10(21)16-6(1-7(13)17)11(22)15-2-8(18)14-3-9(19)20/h5-6,23H,1-4,12H2,(H2,13,17)(H,14,18)(H,15,22)(H,16,21)(H,19,20). The summed E-state index contributed by atoms with van der Waals surface area (Å²) in [5.41, 5.74) is 10.4. The Hall–Kier alpha value is -2.34. The van der Waals surface area contributed by atoms with Gasteiger partial charge in [0.05, 0.1) is 19.0 Å². The normalized spacial score (nSPS) is 12.6. The Morgan fingerprint density at radius 2 is 1.65 bits per heavy atom. The van der Waals surface area contributed by atoms with Gasteiger partial charge in [0.1, 0.15) is 12.6 Å². The zero-order valence-corrected chi connectivity index (χ0v) is 13.0. The molecule has 0 aromatic heterocycles. The Morgan fingerprint density at radius 3 is 2.13 bits per heavy atom. The van der Waals surface area contributed by atoms with Crippen molar-refractivity contribution in [3.63, 3.8) is 0 Å². The maximum absolute atomic E-state index is 11.9. The number of aliphatic carboxylic acids is 1. The molecular weight excluding hydrogens is 330 g/mol. The van der Waals surface area contributed by atoms with Crippen molar-refractivity contribution in [3.05, 3.63) is 0 Å². The number of nitrogens with one attached hydrogen (secondary N) is 3. The van der Waals surface area contributed by atoms with Crippen molar-refractivity contribution >= 4 is 42.2 Å². The molecule has 0 aromatic rings. The molecule has 0 rings (SSSR count). The fraction of sp³-hybridized carbons (Fsp3) is 0.545. The molecule has 0 aliphatic carbocycles. The molecule has 0 aromatic carbocycles. The molecule has 0 spiro atoms. The SMILES string of the molecule is NC(=O)CC(NC(=O)C(N)CS)C(=O)NCC(=O)NCC(=O)O. The topological polar surface area (TPSA) is 194 Å². The van der Waals surface area contributed by atoms with Gasteiger partial charge in [-0.3, -0.25) is 24.0 Å². The number of thiol groups is 1. The zero-order valence-electron chi connectivity index (χ0n) is 12.1. The van der Waals surface area contributed by atoms with Crippen molar-refractivity contribution in [2.75, 3.05) is 18.8 Å². The second-order valence-corrected chi connectivity index (χ2v) is 4.77. The maximum atomic E-state index is 11.9. The Labute approximate surface area is 136 Å². The first-order valence-electron chi connectivity index (χ1n) is 6.38. The van der Waals surface area contributed by atoms with Crippen molar-refractivity contribution in [3.8, 4) is 0 Å². The number of carboxylic acid groups (broad SMARTS) is 1. The predicted octanol–water partition coefficient (Wildman–Crippen LogP) is -4.08. The molecule has 0 heterocycles. The number of carbonyl (C=O) groups is 5. The molecule has 4 amide bonds. The summed E-state index contributed by atoms with van der Waals surface area (Å²) in [5.74, 6) is -4.37. The van der Waals surface area contributed by atoms with E-state index in [9.17, 15) is 24.0 Å². The van der Waals surface area contributed by atoms with Crippen LogP contribution in [0.5, 0.6) is 0 Å². The third-order valence-corrected chi connectivity index (χ3v) is 2.83. The lowest BCUT2D eigenvalue weighted by molar-refractivity contribution is -0.138. The lowest BCUT2D eigenvalue weighted by Crippen LogP contribution is -2.54. The number of nitrogens with two attached hydrogens (primary N) is 2. The maximum Gasteiger partial charge on any atom is 0.322 e. The Bertz CT molecular complexity index is 486. The highest BCUT2D eigenvalue weighted by Crippen LogP contribution is 1.94. The molecule has 0 aliphatic heterocycles. The quantitative estimate of drug-likeness (QED) is 0.195. The molecule has 2 atom stereocenters. The molecule has 12 heteroatoms. The Kier molecular flexibility index (Phi) is 9.34. The molecule has 11 nitrogen and oxygen atoms in total. The number of carboxylic acids is 1. The van der Waals surface area contributed by atoms with E-state index in [-0.39, 0.29) is 5.75 Å². The van der Waals surface area contributed by atoms with Crippen LogP contribution in [-0.2, 0) is 24.0 Å². The van der Waals surface area contributed by atoms with E-state index in [0.29, 0.717) is 0 Å². The fourth-order valence-electron chi connectivity index (χ4n) is 1.30. The van der Waals surface area contributed by atoms with Gasteiger partial charge in [-0.15, -0.1) is 0 Å². The van der Waals surface area contributed by atoms with Crippen molar-refractivity contribution in [1.82, 2.24) is 16.0 Å². The van der Waals surface area contributed by atoms with E-state index in [2.05, 4.69) is 23.3 Å². The molecule has 2 unspecified atom stereocenters. The lowest BCUT2D eigenvalue weighted by Gasteiger charge is -2.18. The van der Waals surface area contributed by atoms with E-state index in [0.717, 1.165) is 0 Å². The van der Waals surface area contributed by atoms with E-state index in [1.165, 1.54) is 0 Å². The Balaban J connectivity index is 4.57. The third-order valence-electron chi connectivity index (χ3n) is 2.43. The van der Waals surface area contributed by atoms with Gasteiger partial charge in [-0.25, -0.2) is 0 Å². The average Bonchev–Trinajstić information content (AvgIpc) is 2.48. The zero-order chi connectivity index (χ0) is 18.0. The molecule has 8 N–H and O–H groups in total. The van der Waals surface area contributed by atoms with E-state index in [1.807, 2.05) is 5.32 Å². The lowest BCUT2D eigenvalue weighted by atomic mass is 10.1. The van der Waals surface area contributed by atoms with Gasteiger partial charge in [0.15, 0.2) is 0 Å². The summed E-state index contributed by atoms with van der Waals surface area (Å²) < 4.78 is 0. The summed E-state index contributed by atoms with van der Waals surface area (Å²) in [6.07, 6.45) is -0.492. The van der Waals surface area contributed by atoms with Crippen LogP contribution in [0.3, 0.4) is 0 Å². The van der Waals surface area contributed by atoms with Crippen molar-refractivity contribution in [2.45, 2.75) is 18.5 Å². The summed E-state index contributed by atoms with van der Waals surface area (Å²) >= 11 is 3.83. The first kappa shape index (κ1) is 20.7. The van der Waals surface area contributed by atoms with Crippen molar-refractivity contribution in [1.29, 1.82) is 0 Å². The third kappa shape index (κ3) is 9.31. The summed E-state index contributed by atoms with van der Waals surface area (Å²) in [5, 5.41) is 14.8. The second-order valence-electron chi connectivity index (χ2n) is 4.41. The first-order valence-corrected chi connectivity index (χ1v) is 7.02. The predicted molar refractivity (Wildman–Crippen MR) is 81.2 cm³/mol. The van der Waals surface area contributed by atoms with Crippen LogP contribution in [0.4, 0.5) is 0 Å². The fourth-order valence-corrected chi connectivity index (χ4v) is 1.47. The summed E-state index contributed by atoms with van der Waals surface area (Å²) in [6.45, 7) is -1.14. The highest BCUT2D eigenvalue weighted by atomic mass is 32.1. The number of carbonyl (C=O) groups excluding carboxylic acids is 4. The van der Waals surface area contributed by atoms with Crippen LogP contribution in [-0.4, -0.2) is 65.6 Å². The van der Waals surface area contributed by atoms with Gasteiger partial charge in [-0.05, 0) is 0 Å². The van der Waals surface area contributed by atoms with Crippen LogP contribution in [0.2, 0.25) is 0 Å². The smallest absolute Gasteiger partial charge is 0.322 e. The van der Waals surface area contributed by atoms with Gasteiger partial charge in [0.2, 0.25) is 23.6 Å². The average molecular weight is 349 g/mol. The van der Waals surface area contributed by atoms with E-state index >= 15 is 0 Å². The number of amides is 4. The molecule has 23 heavy (non-hydrogen) atoms. The molecular formula is C11H19N5O6S. The van der Waals surface area contributed by atoms with Crippen molar-refractivity contribution < 1.29 is 29.1 Å². The van der Waals surface area contributed by atoms with Gasteiger partial charge < -0.3 is 32.5 Å². The first-order chi connectivity index (χ1) is 10.7. The second kappa shape index (κ2) is 10.4. The highest BCUT2D eigenvalue weighted by molar-refractivity contribution is 7.80. The molecule has 0 radical (unpaired) electrons. The van der Waals surface area contributed by atoms with Crippen LogP contribution in [0.25, 0.3) is 0 Å². The monoisotopic (exact) mass is 349 g/mol. The van der Waals surface area contributed by atoms with Crippen molar-refractivity contribution in [2.24, 2.45) is 11.5 Å². The van der Waals surface area contributed by atoms with E-state index < -0.39 is 61.2 Å². The van der Waals surface area contributed by atoms with Crippen LogP contribution in [0, 0.1) is 0 Å². The summed E-state index contributed by atoms with van der Waals surface area (Å²) in [7, 11) is 0. The van der Waals surface area contributed by atoms with E-state index in [4.69, 9.17) is 16.6 Å². The number of primary amides is 1. The number of rotatable bonds is 10. The van der Waals surface area contributed by atoms with Crippen LogP contribution >= 0.6 is 12.6 Å². The van der Waals surface area contributed by atoms with E-state index in [1.54, 1.807) is 0 Å². The Morgan fingerprint density at radius 1 is 1.04 bits per heavy atom. The van der Waals surface area contributed by atoms with Gasteiger partial charge in [-0.2, -0.15) is 12.6 Å². The molecule has 0 saturated heterocycles. The molecule has 130 valence electrons. The minimum atomic E-state index is -1.31. The highest BCUT2D eigenvalue weighted by Gasteiger charge is 2.25. The molecule has 0 fully saturated rings. The minimum Gasteiger partial charge on any atom is -0.480 e. The molecule has 0 saturated carbocycles. The number of hydrogen-bond acceptors (Lipinski definition) is 7. The van der Waals surface area contributed by atoms with Gasteiger partial charge in [0.25, 0.3) is 0 Å². The molecule has 0 bridgehead atoms. The summed E-state index contributed by atoms with van der Waals surface area (Å²) in [4.78, 5) is 56.0. The van der Waals surface area contributed by atoms with Crippen LogP contribution < -0.4 is 27.4 Å². The summed E-state index contributed by atoms with van der Waals surface area (Å²) in [6, 6.07) is -2.29. The number of hydrogen-bond donors (Lipinski definition) is 7. The van der Waals surface area contributed by atoms with Gasteiger partial charge in [-0.1, -0.05) is 0 Å². The minimum absolute atomic E-state index is 0.0222. The van der Waals surface area contributed by atoms with Crippen LogP contribution in [0.15, 0.2) is 0 Å².